The molecule has 0 saturated heterocycles. The number of hydrogen-bond acceptors (Lipinski definition) is 5. The van der Waals surface area contributed by atoms with Crippen LogP contribution in [-0.2, 0) is 6.54 Å². The molecule has 0 fully saturated rings. The van der Waals surface area contributed by atoms with E-state index in [1.807, 2.05) is 36.0 Å². The number of benzene rings is 1. The molecule has 2 aromatic rings. The summed E-state index contributed by atoms with van der Waals surface area (Å²) in [6.45, 7) is 5.94. The lowest BCUT2D eigenvalue weighted by molar-refractivity contribution is -0.697. The molecule has 0 saturated carbocycles. The fourth-order valence-electron chi connectivity index (χ4n) is 3.29. The predicted molar refractivity (Wildman–Crippen MR) is 141 cm³/mol. The molecule has 0 radical (unpaired) electrons. The van der Waals surface area contributed by atoms with Crippen LogP contribution in [0, 0.1) is 0 Å². The second-order valence-corrected chi connectivity index (χ2v) is 8.65. The molecule has 2 rings (SSSR count). The highest BCUT2D eigenvalue weighted by atomic mass is 32.2. The summed E-state index contributed by atoms with van der Waals surface area (Å²) in [6, 6.07) is 12.4. The maximum atomic E-state index is 9.19. The number of hydrogen-bond donors (Lipinski definition) is 2. The van der Waals surface area contributed by atoms with Crippen LogP contribution in [0.2, 0.25) is 0 Å². The molecular weight excluding hydrogens is 432 g/mol. The van der Waals surface area contributed by atoms with Gasteiger partial charge in [0.15, 0.2) is 17.6 Å². The molecule has 33 heavy (non-hydrogen) atoms. The minimum absolute atomic E-state index is 0.0660. The van der Waals surface area contributed by atoms with Crippen molar-refractivity contribution in [2.45, 2.75) is 19.4 Å². The zero-order valence-electron chi connectivity index (χ0n) is 19.8. The van der Waals surface area contributed by atoms with E-state index < -0.39 is 0 Å². The van der Waals surface area contributed by atoms with Crippen molar-refractivity contribution in [3.05, 3.63) is 72.7 Å². The van der Waals surface area contributed by atoms with E-state index >= 15 is 0 Å². The van der Waals surface area contributed by atoms with Crippen LogP contribution in [0.3, 0.4) is 0 Å². The summed E-state index contributed by atoms with van der Waals surface area (Å²) in [5.41, 5.74) is 3.27. The van der Waals surface area contributed by atoms with Crippen LogP contribution in [0.15, 0.2) is 66.6 Å². The minimum atomic E-state index is 0.0660. The first-order valence-corrected chi connectivity index (χ1v) is 12.3. The van der Waals surface area contributed by atoms with Gasteiger partial charge in [0.05, 0.1) is 13.2 Å². The fraction of sp³-hybridized carbons (Fsp3) is 0.385. The van der Waals surface area contributed by atoms with E-state index in [-0.39, 0.29) is 13.2 Å². The van der Waals surface area contributed by atoms with Gasteiger partial charge in [0.1, 0.15) is 6.54 Å². The molecule has 6 nitrogen and oxygen atoms in total. The molecule has 0 atom stereocenters. The largest absolute Gasteiger partial charge is 0.395 e. The van der Waals surface area contributed by atoms with Gasteiger partial charge in [0.2, 0.25) is 0 Å². The Balaban J connectivity index is 1.80. The predicted octanol–water partition coefficient (Wildman–Crippen LogP) is 3.51. The molecule has 2 N–H and O–H groups in total. The highest BCUT2D eigenvalue weighted by Crippen LogP contribution is 2.16. The summed E-state index contributed by atoms with van der Waals surface area (Å²) in [7, 11) is 3.78. The van der Waals surface area contributed by atoms with E-state index in [0.717, 1.165) is 47.1 Å². The molecule has 0 unspecified atom stereocenters. The number of amidine groups is 1. The van der Waals surface area contributed by atoms with Crippen molar-refractivity contribution >= 4 is 34.8 Å². The second kappa shape index (κ2) is 15.3. The van der Waals surface area contributed by atoms with Crippen LogP contribution in [-0.4, -0.2) is 66.4 Å². The highest BCUT2D eigenvalue weighted by molar-refractivity contribution is 8.13. The Hall–Kier alpha value is -2.61. The number of nitrogens with zero attached hydrogens (tertiary/aromatic N) is 4. The normalized spacial score (nSPS) is 11.7. The number of unbranched alkanes of at least 4 members (excludes halogenated alkanes) is 1. The summed E-state index contributed by atoms with van der Waals surface area (Å²) >= 11 is 1.76. The van der Waals surface area contributed by atoms with Gasteiger partial charge >= 0.3 is 0 Å². The van der Waals surface area contributed by atoms with Crippen molar-refractivity contribution in [3.8, 4) is 0 Å². The molecule has 0 bridgehead atoms. The fourth-order valence-corrected chi connectivity index (χ4v) is 4.23. The van der Waals surface area contributed by atoms with Gasteiger partial charge in [0.25, 0.3) is 0 Å². The molecule has 0 aliphatic heterocycles. The van der Waals surface area contributed by atoms with Gasteiger partial charge < -0.3 is 20.0 Å². The summed E-state index contributed by atoms with van der Waals surface area (Å²) < 4.78 is 2.22. The number of rotatable bonds is 13. The summed E-state index contributed by atoms with van der Waals surface area (Å²) in [6.07, 6.45) is 12.5. The monoisotopic (exact) mass is 469 g/mol. The Morgan fingerprint density at radius 1 is 1.00 bits per heavy atom. The van der Waals surface area contributed by atoms with E-state index in [1.54, 1.807) is 18.0 Å². The Bertz CT molecular complexity index is 876. The van der Waals surface area contributed by atoms with Crippen molar-refractivity contribution < 1.29 is 14.8 Å². The third-order valence-electron chi connectivity index (χ3n) is 5.19. The molecule has 1 aromatic carbocycles. The van der Waals surface area contributed by atoms with Gasteiger partial charge in [-0.25, -0.2) is 4.57 Å². The van der Waals surface area contributed by atoms with Gasteiger partial charge in [-0.2, -0.15) is 0 Å². The van der Waals surface area contributed by atoms with Gasteiger partial charge in [-0.15, -0.1) is 0 Å². The number of aromatic nitrogens is 1. The standard InChI is InChI=1S/C26H37N4O2S/c1-4-28(3)26(27-2)33-22-6-5-15-29-16-13-24(14-17-29)8-7-23-9-11-25(12-10-23)30(18-20-31)19-21-32/h4,7-14,16-17,31-32H,1,5-6,15,18-22H2,2-3H3/q+1. The number of aryl methyl sites for hydroxylation is 1. The van der Waals surface area contributed by atoms with Crippen LogP contribution < -0.4 is 9.47 Å². The summed E-state index contributed by atoms with van der Waals surface area (Å²) in [5.74, 6) is 1.04. The summed E-state index contributed by atoms with van der Waals surface area (Å²) in [4.78, 5) is 8.21. The number of aliphatic imine (C=N–C) groups is 1. The van der Waals surface area contributed by atoms with Gasteiger partial charge in [0, 0.05) is 57.2 Å². The van der Waals surface area contributed by atoms with E-state index in [0.29, 0.717) is 13.1 Å². The van der Waals surface area contributed by atoms with Crippen molar-refractivity contribution in [1.82, 2.24) is 4.90 Å². The maximum Gasteiger partial charge on any atom is 0.169 e. The Kier molecular flexibility index (Phi) is 12.3. The van der Waals surface area contributed by atoms with Crippen LogP contribution >= 0.6 is 11.8 Å². The Labute approximate surface area is 202 Å². The molecule has 0 amide bonds. The molecule has 178 valence electrons. The van der Waals surface area contributed by atoms with E-state index in [2.05, 4.69) is 64.9 Å². The van der Waals surface area contributed by atoms with E-state index in [1.165, 1.54) is 0 Å². The molecule has 1 heterocycles. The SMILES string of the molecule is C=CN(C)C(=NC)SCCCC[n+]1ccc(/C=C/c2ccc(N(CCO)CCO)cc2)cc1. The van der Waals surface area contributed by atoms with Gasteiger partial charge in [-0.1, -0.05) is 42.6 Å². The van der Waals surface area contributed by atoms with Gasteiger partial charge in [-0.05, 0) is 35.9 Å². The minimum Gasteiger partial charge on any atom is -0.395 e. The Morgan fingerprint density at radius 2 is 1.61 bits per heavy atom. The summed E-state index contributed by atoms with van der Waals surface area (Å²) in [5, 5.41) is 19.4. The number of aliphatic hydroxyl groups excluding tert-OH is 2. The first-order chi connectivity index (χ1) is 16.1. The smallest absolute Gasteiger partial charge is 0.169 e. The molecule has 0 spiro atoms. The third-order valence-corrected chi connectivity index (χ3v) is 6.41. The number of anilines is 1. The zero-order chi connectivity index (χ0) is 23.9. The highest BCUT2D eigenvalue weighted by Gasteiger charge is 2.06. The average molecular weight is 470 g/mol. The van der Waals surface area contributed by atoms with E-state index in [9.17, 15) is 10.2 Å². The number of thioether (sulfide) groups is 1. The lowest BCUT2D eigenvalue weighted by atomic mass is 10.1. The molecule has 0 aliphatic rings. The lowest BCUT2D eigenvalue weighted by Crippen LogP contribution is -2.32. The van der Waals surface area contributed by atoms with Gasteiger partial charge in [-0.3, -0.25) is 4.99 Å². The van der Waals surface area contributed by atoms with E-state index in [4.69, 9.17) is 0 Å². The maximum absolute atomic E-state index is 9.19. The second-order valence-electron chi connectivity index (χ2n) is 7.58. The van der Waals surface area contributed by atoms with Crippen LogP contribution in [0.25, 0.3) is 12.2 Å². The molecule has 0 aliphatic carbocycles. The molecular formula is C26H37N4O2S+. The first-order valence-electron chi connectivity index (χ1n) is 11.3. The average Bonchev–Trinajstić information content (AvgIpc) is 2.85. The third kappa shape index (κ3) is 9.42. The van der Waals surface area contributed by atoms with Crippen molar-refractivity contribution in [3.63, 3.8) is 0 Å². The lowest BCUT2D eigenvalue weighted by Gasteiger charge is -2.22. The van der Waals surface area contributed by atoms with Crippen LogP contribution in [0.5, 0.6) is 0 Å². The van der Waals surface area contributed by atoms with Crippen molar-refractivity contribution in [1.29, 1.82) is 0 Å². The van der Waals surface area contributed by atoms with Crippen LogP contribution in [0.4, 0.5) is 5.69 Å². The number of aliphatic hydroxyl groups is 2. The molecule has 1 aromatic heterocycles. The van der Waals surface area contributed by atoms with Crippen LogP contribution in [0.1, 0.15) is 24.0 Å². The quantitative estimate of drug-likeness (QED) is 0.203. The first kappa shape index (κ1) is 26.6. The Morgan fingerprint density at radius 3 is 2.15 bits per heavy atom. The molecule has 7 heteroatoms. The topological polar surface area (TPSA) is 63.2 Å². The van der Waals surface area contributed by atoms with Crippen molar-refractivity contribution in [2.75, 3.05) is 51.1 Å². The zero-order valence-corrected chi connectivity index (χ0v) is 20.6. The van der Waals surface area contributed by atoms with Crippen molar-refractivity contribution in [2.24, 2.45) is 4.99 Å². The number of pyridine rings is 1.